The first-order valence-electron chi connectivity index (χ1n) is 5.67. The maximum Gasteiger partial charge on any atom is 0.115 e. The van der Waals surface area contributed by atoms with E-state index >= 15 is 0 Å². The zero-order valence-corrected chi connectivity index (χ0v) is 9.82. The van der Waals surface area contributed by atoms with Crippen LogP contribution in [0, 0.1) is 0 Å². The van der Waals surface area contributed by atoms with E-state index in [1.807, 2.05) is 12.1 Å². The van der Waals surface area contributed by atoms with Gasteiger partial charge in [0.05, 0.1) is 0 Å². The van der Waals surface area contributed by atoms with Crippen molar-refractivity contribution < 1.29 is 10.2 Å². The summed E-state index contributed by atoms with van der Waals surface area (Å²) in [5.41, 5.74) is 13.7. The predicted octanol–water partition coefficient (Wildman–Crippen LogP) is 1.80. The predicted molar refractivity (Wildman–Crippen MR) is 70.1 cm³/mol. The van der Waals surface area contributed by atoms with Crippen molar-refractivity contribution in [1.29, 1.82) is 0 Å². The highest BCUT2D eigenvalue weighted by Gasteiger charge is 2.17. The molecule has 0 bridgehead atoms. The van der Waals surface area contributed by atoms with Crippen molar-refractivity contribution in [1.82, 2.24) is 0 Å². The van der Waals surface area contributed by atoms with E-state index in [2.05, 4.69) is 0 Å². The fourth-order valence-corrected chi connectivity index (χ4v) is 1.88. The number of phenolic OH excluding ortho intramolecular Hbond substituents is 2. The molecule has 6 N–H and O–H groups in total. The van der Waals surface area contributed by atoms with Gasteiger partial charge in [-0.3, -0.25) is 0 Å². The molecule has 0 spiro atoms. The van der Waals surface area contributed by atoms with E-state index in [9.17, 15) is 10.2 Å². The number of hydrogen-bond donors (Lipinski definition) is 4. The van der Waals surface area contributed by atoms with Gasteiger partial charge in [-0.1, -0.05) is 24.3 Å². The molecule has 4 heteroatoms. The Morgan fingerprint density at radius 1 is 0.722 bits per heavy atom. The number of nitrogens with two attached hydrogens (primary N) is 2. The summed E-state index contributed by atoms with van der Waals surface area (Å²) in [6, 6.07) is 12.5. The number of rotatable bonds is 3. The molecule has 0 aliphatic heterocycles. The van der Waals surface area contributed by atoms with Gasteiger partial charge in [0.2, 0.25) is 0 Å². The van der Waals surface area contributed by atoms with Gasteiger partial charge < -0.3 is 21.7 Å². The minimum Gasteiger partial charge on any atom is -0.508 e. The Morgan fingerprint density at radius 3 is 1.44 bits per heavy atom. The zero-order valence-electron chi connectivity index (χ0n) is 9.82. The van der Waals surface area contributed by atoms with Crippen LogP contribution in [0.3, 0.4) is 0 Å². The summed E-state index contributed by atoms with van der Waals surface area (Å²) in [5.74, 6) is 0.317. The molecule has 2 rings (SSSR count). The minimum absolute atomic E-state index is 0.158. The van der Waals surface area contributed by atoms with Crippen LogP contribution in [0.25, 0.3) is 0 Å². The quantitative estimate of drug-likeness (QED) is 0.662. The second-order valence-corrected chi connectivity index (χ2v) is 4.24. The van der Waals surface area contributed by atoms with Gasteiger partial charge in [-0.25, -0.2) is 0 Å². The first-order valence-corrected chi connectivity index (χ1v) is 5.67. The topological polar surface area (TPSA) is 92.5 Å². The van der Waals surface area contributed by atoms with Crippen molar-refractivity contribution >= 4 is 0 Å². The molecule has 0 saturated heterocycles. The van der Waals surface area contributed by atoms with Crippen LogP contribution in [-0.2, 0) is 0 Å². The van der Waals surface area contributed by atoms with Crippen LogP contribution in [-0.4, -0.2) is 10.2 Å². The van der Waals surface area contributed by atoms with Crippen molar-refractivity contribution in [3.63, 3.8) is 0 Å². The Hall–Kier alpha value is -2.04. The van der Waals surface area contributed by atoms with E-state index < -0.39 is 12.1 Å². The summed E-state index contributed by atoms with van der Waals surface area (Å²) < 4.78 is 0. The Bertz CT molecular complexity index is 493. The smallest absolute Gasteiger partial charge is 0.115 e. The van der Waals surface area contributed by atoms with Crippen molar-refractivity contribution in [2.75, 3.05) is 0 Å². The molecule has 2 atom stereocenters. The molecule has 0 radical (unpaired) electrons. The van der Waals surface area contributed by atoms with Gasteiger partial charge in [0.1, 0.15) is 11.5 Å². The molecule has 2 aromatic carbocycles. The van der Waals surface area contributed by atoms with Gasteiger partial charge >= 0.3 is 0 Å². The van der Waals surface area contributed by atoms with Crippen molar-refractivity contribution in [2.24, 2.45) is 11.5 Å². The first kappa shape index (κ1) is 12.4. The Labute approximate surface area is 105 Å². The third-order valence-corrected chi connectivity index (χ3v) is 2.90. The van der Waals surface area contributed by atoms with Gasteiger partial charge in [-0.15, -0.1) is 0 Å². The Morgan fingerprint density at radius 2 is 1.11 bits per heavy atom. The third-order valence-electron chi connectivity index (χ3n) is 2.90. The monoisotopic (exact) mass is 244 g/mol. The maximum atomic E-state index is 9.42. The molecule has 18 heavy (non-hydrogen) atoms. The average molecular weight is 244 g/mol. The molecule has 0 aromatic heterocycles. The lowest BCUT2D eigenvalue weighted by molar-refractivity contribution is 0.468. The standard InChI is InChI=1S/C14H16N2O2/c15-13(9-3-1-5-11(17)7-9)14(16)10-4-2-6-12(18)8-10/h1-8,13-14,17-18H,15-16H2/t13-,14-/m1/s1. The Kier molecular flexibility index (Phi) is 3.50. The fraction of sp³-hybridized carbons (Fsp3) is 0.143. The zero-order chi connectivity index (χ0) is 13.1. The van der Waals surface area contributed by atoms with E-state index in [0.29, 0.717) is 0 Å². The van der Waals surface area contributed by atoms with Crippen LogP contribution in [0.5, 0.6) is 11.5 Å². The highest BCUT2D eigenvalue weighted by molar-refractivity contribution is 5.34. The van der Waals surface area contributed by atoms with Crippen LogP contribution in [0.4, 0.5) is 0 Å². The molecule has 0 aliphatic rings. The van der Waals surface area contributed by atoms with Gasteiger partial charge in [-0.05, 0) is 35.4 Å². The van der Waals surface area contributed by atoms with Crippen molar-refractivity contribution in [3.8, 4) is 11.5 Å². The van der Waals surface area contributed by atoms with Crippen molar-refractivity contribution in [3.05, 3.63) is 59.7 Å². The maximum absolute atomic E-state index is 9.42. The lowest BCUT2D eigenvalue weighted by atomic mass is 9.94. The highest BCUT2D eigenvalue weighted by atomic mass is 16.3. The molecular formula is C14H16N2O2. The second-order valence-electron chi connectivity index (χ2n) is 4.24. The van der Waals surface area contributed by atoms with Gasteiger partial charge in [0, 0.05) is 12.1 Å². The van der Waals surface area contributed by atoms with E-state index in [4.69, 9.17) is 11.5 Å². The first-order chi connectivity index (χ1) is 8.58. The van der Waals surface area contributed by atoms with Gasteiger partial charge in [-0.2, -0.15) is 0 Å². The molecule has 4 nitrogen and oxygen atoms in total. The minimum atomic E-state index is -0.445. The van der Waals surface area contributed by atoms with E-state index in [1.165, 1.54) is 0 Å². The summed E-state index contributed by atoms with van der Waals surface area (Å²) in [5, 5.41) is 18.8. The molecule has 94 valence electrons. The van der Waals surface area contributed by atoms with Crippen LogP contribution in [0.2, 0.25) is 0 Å². The van der Waals surface area contributed by atoms with Crippen LogP contribution in [0.1, 0.15) is 23.2 Å². The lowest BCUT2D eigenvalue weighted by Gasteiger charge is -2.21. The number of benzene rings is 2. The number of hydrogen-bond acceptors (Lipinski definition) is 4. The van der Waals surface area contributed by atoms with E-state index in [0.717, 1.165) is 11.1 Å². The molecule has 0 unspecified atom stereocenters. The van der Waals surface area contributed by atoms with E-state index in [-0.39, 0.29) is 11.5 Å². The summed E-state index contributed by atoms with van der Waals surface area (Å²) in [6.45, 7) is 0. The lowest BCUT2D eigenvalue weighted by Crippen LogP contribution is -2.26. The molecule has 0 fully saturated rings. The molecule has 0 aliphatic carbocycles. The molecule has 2 aromatic rings. The third kappa shape index (κ3) is 2.61. The summed E-state index contributed by atoms with van der Waals surface area (Å²) in [6.07, 6.45) is 0. The number of aromatic hydroxyl groups is 2. The van der Waals surface area contributed by atoms with Gasteiger partial charge in [0.15, 0.2) is 0 Å². The Balaban J connectivity index is 2.26. The molecule has 0 heterocycles. The summed E-state index contributed by atoms with van der Waals surface area (Å²) in [7, 11) is 0. The van der Waals surface area contributed by atoms with Gasteiger partial charge in [0.25, 0.3) is 0 Å². The SMILES string of the molecule is N[C@H](c1cccc(O)c1)[C@H](N)c1cccc(O)c1. The largest absolute Gasteiger partial charge is 0.508 e. The summed E-state index contributed by atoms with van der Waals surface area (Å²) >= 11 is 0. The van der Waals surface area contributed by atoms with Crippen molar-refractivity contribution in [2.45, 2.75) is 12.1 Å². The molecule has 0 saturated carbocycles. The van der Waals surface area contributed by atoms with Crippen LogP contribution in [0.15, 0.2) is 48.5 Å². The second kappa shape index (κ2) is 5.08. The normalized spacial score (nSPS) is 14.1. The summed E-state index contributed by atoms with van der Waals surface area (Å²) in [4.78, 5) is 0. The van der Waals surface area contributed by atoms with Crippen LogP contribution < -0.4 is 11.5 Å². The van der Waals surface area contributed by atoms with E-state index in [1.54, 1.807) is 36.4 Å². The fourth-order valence-electron chi connectivity index (χ4n) is 1.88. The molecular weight excluding hydrogens is 228 g/mol. The average Bonchev–Trinajstić information content (AvgIpc) is 2.37. The van der Waals surface area contributed by atoms with Crippen LogP contribution >= 0.6 is 0 Å². The number of phenols is 2. The molecule has 0 amide bonds. The highest BCUT2D eigenvalue weighted by Crippen LogP contribution is 2.27.